The van der Waals surface area contributed by atoms with E-state index in [1.165, 1.54) is 4.90 Å². The third-order valence-corrected chi connectivity index (χ3v) is 4.71. The quantitative estimate of drug-likeness (QED) is 0.673. The zero-order valence-corrected chi connectivity index (χ0v) is 14.8. The predicted molar refractivity (Wildman–Crippen MR) is 90.0 cm³/mol. The first-order chi connectivity index (χ1) is 10.8. The highest BCUT2D eigenvalue weighted by molar-refractivity contribution is 5.86. The standard InChI is InChI=1S/C18H31NO4/c1-5-6-8-12(2)11-13(3)16(20)14(4)17(21)19-10-7-9-15(19)18(22)23/h11-12,14-16,20H,5-10H2,1-4H3,(H,22,23)/b13-11+/t12-,14-,15+,16-/m1/s1. The van der Waals surface area contributed by atoms with Crippen molar-refractivity contribution in [3.63, 3.8) is 0 Å². The minimum absolute atomic E-state index is 0.267. The third-order valence-electron chi connectivity index (χ3n) is 4.71. The van der Waals surface area contributed by atoms with Gasteiger partial charge in [0.2, 0.25) is 5.91 Å². The molecule has 1 fully saturated rings. The third kappa shape index (κ3) is 5.34. The van der Waals surface area contributed by atoms with Gasteiger partial charge in [-0.1, -0.05) is 39.7 Å². The summed E-state index contributed by atoms with van der Waals surface area (Å²) in [6, 6.07) is -0.745. The maximum atomic E-state index is 12.5. The largest absolute Gasteiger partial charge is 0.480 e. The van der Waals surface area contributed by atoms with Crippen LogP contribution in [0.4, 0.5) is 0 Å². The Morgan fingerprint density at radius 2 is 2.00 bits per heavy atom. The Balaban J connectivity index is 2.71. The van der Waals surface area contributed by atoms with Crippen LogP contribution in [0.2, 0.25) is 0 Å². The van der Waals surface area contributed by atoms with Gasteiger partial charge in [-0.05, 0) is 37.7 Å². The van der Waals surface area contributed by atoms with Gasteiger partial charge in [0.25, 0.3) is 0 Å². The summed E-state index contributed by atoms with van der Waals surface area (Å²) >= 11 is 0. The number of rotatable bonds is 8. The zero-order valence-electron chi connectivity index (χ0n) is 14.8. The van der Waals surface area contributed by atoms with Crippen LogP contribution < -0.4 is 0 Å². The summed E-state index contributed by atoms with van der Waals surface area (Å²) in [5, 5.41) is 19.6. The van der Waals surface area contributed by atoms with Crippen LogP contribution in [0.5, 0.6) is 0 Å². The Hall–Kier alpha value is -1.36. The molecule has 0 spiro atoms. The van der Waals surface area contributed by atoms with E-state index < -0.39 is 24.0 Å². The number of unbranched alkanes of at least 4 members (excludes halogenated alkanes) is 1. The number of nitrogens with zero attached hydrogens (tertiary/aromatic N) is 1. The second kappa shape index (κ2) is 9.06. The number of carbonyl (C=O) groups is 2. The second-order valence-electron chi connectivity index (χ2n) is 6.79. The topological polar surface area (TPSA) is 77.8 Å². The molecule has 1 saturated heterocycles. The highest BCUT2D eigenvalue weighted by Crippen LogP contribution is 2.24. The van der Waals surface area contributed by atoms with Crippen molar-refractivity contribution in [2.75, 3.05) is 6.54 Å². The Bertz CT molecular complexity index is 446. The van der Waals surface area contributed by atoms with E-state index in [1.54, 1.807) is 6.92 Å². The number of aliphatic hydroxyl groups excluding tert-OH is 1. The molecule has 1 aliphatic heterocycles. The smallest absolute Gasteiger partial charge is 0.326 e. The summed E-state index contributed by atoms with van der Waals surface area (Å²) in [6.07, 6.45) is 5.71. The number of carbonyl (C=O) groups excluding carboxylic acids is 1. The number of hydrogen-bond donors (Lipinski definition) is 2. The molecular formula is C18H31NO4. The molecule has 0 aromatic rings. The normalized spacial score (nSPS) is 22.7. The molecule has 5 nitrogen and oxygen atoms in total. The van der Waals surface area contributed by atoms with Crippen molar-refractivity contribution in [1.82, 2.24) is 4.90 Å². The fraction of sp³-hybridized carbons (Fsp3) is 0.778. The lowest BCUT2D eigenvalue weighted by Crippen LogP contribution is -2.45. The van der Waals surface area contributed by atoms with Gasteiger partial charge in [-0.3, -0.25) is 4.79 Å². The van der Waals surface area contributed by atoms with Gasteiger partial charge in [0.15, 0.2) is 0 Å². The molecule has 1 heterocycles. The molecule has 132 valence electrons. The average Bonchev–Trinajstić information content (AvgIpc) is 3.00. The molecule has 0 aliphatic carbocycles. The molecule has 0 radical (unpaired) electrons. The summed E-state index contributed by atoms with van der Waals surface area (Å²) < 4.78 is 0. The van der Waals surface area contributed by atoms with Crippen LogP contribution in [0.1, 0.15) is 59.8 Å². The summed E-state index contributed by atoms with van der Waals surface area (Å²) in [6.45, 7) is 8.24. The van der Waals surface area contributed by atoms with Crippen molar-refractivity contribution >= 4 is 11.9 Å². The minimum atomic E-state index is -0.960. The monoisotopic (exact) mass is 325 g/mol. The van der Waals surface area contributed by atoms with Gasteiger partial charge in [0, 0.05) is 6.54 Å². The molecule has 5 heteroatoms. The SMILES string of the molecule is CCCC[C@@H](C)/C=C(\C)[C@@H](O)[C@@H](C)C(=O)N1CCC[C@H]1C(=O)O. The number of allylic oxidation sites excluding steroid dienone is 1. The number of carboxylic acids is 1. The zero-order chi connectivity index (χ0) is 17.6. The van der Waals surface area contributed by atoms with Crippen LogP contribution in [0, 0.1) is 11.8 Å². The van der Waals surface area contributed by atoms with E-state index in [1.807, 2.05) is 13.0 Å². The van der Waals surface area contributed by atoms with Crippen LogP contribution in [-0.2, 0) is 9.59 Å². The Kier molecular flexibility index (Phi) is 7.76. The van der Waals surface area contributed by atoms with Crippen molar-refractivity contribution in [2.24, 2.45) is 11.8 Å². The van der Waals surface area contributed by atoms with Crippen LogP contribution >= 0.6 is 0 Å². The molecule has 0 saturated carbocycles. The molecule has 1 amide bonds. The van der Waals surface area contributed by atoms with Gasteiger partial charge < -0.3 is 15.1 Å². The van der Waals surface area contributed by atoms with Crippen molar-refractivity contribution in [3.05, 3.63) is 11.6 Å². The minimum Gasteiger partial charge on any atom is -0.480 e. The summed E-state index contributed by atoms with van der Waals surface area (Å²) in [5.41, 5.74) is 0.792. The van der Waals surface area contributed by atoms with Gasteiger partial charge >= 0.3 is 5.97 Å². The van der Waals surface area contributed by atoms with Crippen LogP contribution in [0.25, 0.3) is 0 Å². The highest BCUT2D eigenvalue weighted by atomic mass is 16.4. The molecular weight excluding hydrogens is 294 g/mol. The van der Waals surface area contributed by atoms with E-state index in [-0.39, 0.29) is 5.91 Å². The number of aliphatic carboxylic acids is 1. The first-order valence-corrected chi connectivity index (χ1v) is 8.69. The van der Waals surface area contributed by atoms with Crippen LogP contribution in [0.3, 0.4) is 0 Å². The van der Waals surface area contributed by atoms with Crippen LogP contribution in [0.15, 0.2) is 11.6 Å². The number of carboxylic acid groups (broad SMARTS) is 1. The van der Waals surface area contributed by atoms with E-state index in [2.05, 4.69) is 13.8 Å². The van der Waals surface area contributed by atoms with Crippen molar-refractivity contribution in [1.29, 1.82) is 0 Å². The lowest BCUT2D eigenvalue weighted by atomic mass is 9.93. The van der Waals surface area contributed by atoms with Gasteiger partial charge in [-0.25, -0.2) is 4.79 Å². The molecule has 0 unspecified atom stereocenters. The van der Waals surface area contributed by atoms with Crippen molar-refractivity contribution in [3.8, 4) is 0 Å². The van der Waals surface area contributed by atoms with E-state index in [9.17, 15) is 19.8 Å². The number of aliphatic hydroxyl groups is 1. The maximum absolute atomic E-state index is 12.5. The van der Waals surface area contributed by atoms with Crippen molar-refractivity contribution < 1.29 is 19.8 Å². The maximum Gasteiger partial charge on any atom is 0.326 e. The number of hydrogen-bond acceptors (Lipinski definition) is 3. The van der Waals surface area contributed by atoms with Gasteiger partial charge in [0.05, 0.1) is 12.0 Å². The molecule has 0 aromatic heterocycles. The fourth-order valence-corrected chi connectivity index (χ4v) is 3.23. The van der Waals surface area contributed by atoms with E-state index >= 15 is 0 Å². The first kappa shape index (κ1) is 19.7. The Labute approximate surface area is 139 Å². The Morgan fingerprint density at radius 3 is 2.57 bits per heavy atom. The summed E-state index contributed by atoms with van der Waals surface area (Å²) in [7, 11) is 0. The Morgan fingerprint density at radius 1 is 1.35 bits per heavy atom. The van der Waals surface area contributed by atoms with Crippen molar-refractivity contribution in [2.45, 2.75) is 71.9 Å². The lowest BCUT2D eigenvalue weighted by Gasteiger charge is -2.28. The highest BCUT2D eigenvalue weighted by Gasteiger charge is 2.37. The molecule has 4 atom stereocenters. The molecule has 2 N–H and O–H groups in total. The first-order valence-electron chi connectivity index (χ1n) is 8.69. The van der Waals surface area contributed by atoms with E-state index in [0.29, 0.717) is 25.3 Å². The van der Waals surface area contributed by atoms with E-state index in [4.69, 9.17) is 0 Å². The number of likely N-dealkylation sites (tertiary alicyclic amines) is 1. The summed E-state index contributed by atoms with van der Waals surface area (Å²) in [4.78, 5) is 25.2. The van der Waals surface area contributed by atoms with Gasteiger partial charge in [-0.2, -0.15) is 0 Å². The fourth-order valence-electron chi connectivity index (χ4n) is 3.23. The summed E-state index contributed by atoms with van der Waals surface area (Å²) in [5.74, 6) is -1.48. The van der Waals surface area contributed by atoms with Gasteiger partial charge in [0.1, 0.15) is 6.04 Å². The lowest BCUT2D eigenvalue weighted by molar-refractivity contribution is -0.150. The molecule has 23 heavy (non-hydrogen) atoms. The molecule has 1 rings (SSSR count). The molecule has 1 aliphatic rings. The van der Waals surface area contributed by atoms with E-state index in [0.717, 1.165) is 24.8 Å². The number of amides is 1. The molecule has 0 aromatic carbocycles. The molecule has 0 bridgehead atoms. The van der Waals surface area contributed by atoms with Gasteiger partial charge in [-0.15, -0.1) is 0 Å². The predicted octanol–water partition coefficient (Wildman–Crippen LogP) is 2.83. The van der Waals surface area contributed by atoms with Crippen LogP contribution in [-0.4, -0.2) is 45.7 Å². The average molecular weight is 325 g/mol. The second-order valence-corrected chi connectivity index (χ2v) is 6.79.